The van der Waals surface area contributed by atoms with Crippen molar-refractivity contribution in [2.24, 2.45) is 0 Å². The van der Waals surface area contributed by atoms with Gasteiger partial charge in [-0.05, 0) is 41.6 Å². The molecule has 0 atom stereocenters. The molecule has 0 unspecified atom stereocenters. The largest absolute Gasteiger partial charge is 0.478 e. The van der Waals surface area contributed by atoms with E-state index in [1.54, 1.807) is 23.5 Å². The summed E-state index contributed by atoms with van der Waals surface area (Å²) >= 11 is 7.77. The Labute approximate surface area is 120 Å². The molecule has 0 aliphatic heterocycles. The Morgan fingerprint density at radius 2 is 2.21 bits per heavy atom. The number of aromatic carboxylic acids is 1. The van der Waals surface area contributed by atoms with Gasteiger partial charge in [-0.25, -0.2) is 4.79 Å². The summed E-state index contributed by atoms with van der Waals surface area (Å²) in [6.07, 6.45) is 1.01. The summed E-state index contributed by atoms with van der Waals surface area (Å²) in [5, 5.41) is 14.6. The quantitative estimate of drug-likeness (QED) is 0.866. The molecule has 0 bridgehead atoms. The van der Waals surface area contributed by atoms with Crippen LogP contribution in [0.2, 0.25) is 5.02 Å². The average molecular weight is 296 g/mol. The Morgan fingerprint density at radius 3 is 2.84 bits per heavy atom. The van der Waals surface area contributed by atoms with Gasteiger partial charge < -0.3 is 10.4 Å². The van der Waals surface area contributed by atoms with Gasteiger partial charge in [0, 0.05) is 11.4 Å². The summed E-state index contributed by atoms with van der Waals surface area (Å²) in [4.78, 5) is 12.1. The predicted octanol–water partition coefficient (Wildman–Crippen LogP) is 4.27. The summed E-state index contributed by atoms with van der Waals surface area (Å²) in [6, 6.07) is 6.83. The second kappa shape index (κ2) is 6.08. The lowest BCUT2D eigenvalue weighted by atomic mass is 10.2. The highest BCUT2D eigenvalue weighted by Gasteiger charge is 2.08. The second-order valence-corrected chi connectivity index (χ2v) is 5.48. The number of aryl methyl sites for hydroxylation is 1. The lowest BCUT2D eigenvalue weighted by Crippen LogP contribution is -2.02. The SMILES string of the molecule is CCc1ccsc1CNc1ccc(C(=O)O)cc1Cl. The molecule has 2 aromatic rings. The molecule has 1 heterocycles. The van der Waals surface area contributed by atoms with Gasteiger partial charge in [-0.3, -0.25) is 0 Å². The number of benzene rings is 1. The molecule has 19 heavy (non-hydrogen) atoms. The number of rotatable bonds is 5. The van der Waals surface area contributed by atoms with E-state index in [1.807, 2.05) is 0 Å². The number of halogens is 1. The summed E-state index contributed by atoms with van der Waals surface area (Å²) in [6.45, 7) is 2.83. The van der Waals surface area contributed by atoms with Crippen LogP contribution in [0.25, 0.3) is 0 Å². The molecule has 0 saturated heterocycles. The van der Waals surface area contributed by atoms with Gasteiger partial charge in [-0.2, -0.15) is 0 Å². The first-order valence-electron chi connectivity index (χ1n) is 5.93. The molecule has 0 aliphatic carbocycles. The smallest absolute Gasteiger partial charge is 0.335 e. The van der Waals surface area contributed by atoms with Crippen molar-refractivity contribution in [2.45, 2.75) is 19.9 Å². The highest BCUT2D eigenvalue weighted by atomic mass is 35.5. The highest BCUT2D eigenvalue weighted by Crippen LogP contribution is 2.25. The van der Waals surface area contributed by atoms with Gasteiger partial charge in [0.1, 0.15) is 0 Å². The minimum absolute atomic E-state index is 0.195. The van der Waals surface area contributed by atoms with Crippen LogP contribution in [0.5, 0.6) is 0 Å². The van der Waals surface area contributed by atoms with Crippen LogP contribution in [0.15, 0.2) is 29.6 Å². The zero-order valence-corrected chi connectivity index (χ0v) is 12.0. The van der Waals surface area contributed by atoms with E-state index in [-0.39, 0.29) is 5.56 Å². The van der Waals surface area contributed by atoms with Crippen molar-refractivity contribution in [1.29, 1.82) is 0 Å². The number of carboxylic acid groups (broad SMARTS) is 1. The van der Waals surface area contributed by atoms with Crippen molar-refractivity contribution in [1.82, 2.24) is 0 Å². The minimum Gasteiger partial charge on any atom is -0.478 e. The van der Waals surface area contributed by atoms with Crippen LogP contribution in [0.4, 0.5) is 5.69 Å². The number of thiophene rings is 1. The van der Waals surface area contributed by atoms with E-state index in [9.17, 15) is 4.79 Å². The Morgan fingerprint density at radius 1 is 1.42 bits per heavy atom. The molecule has 0 saturated carbocycles. The molecule has 0 aliphatic rings. The van der Waals surface area contributed by atoms with Crippen molar-refractivity contribution in [3.63, 3.8) is 0 Å². The van der Waals surface area contributed by atoms with Gasteiger partial charge in [0.2, 0.25) is 0 Å². The summed E-state index contributed by atoms with van der Waals surface area (Å²) in [5.41, 5.74) is 2.28. The summed E-state index contributed by atoms with van der Waals surface area (Å²) < 4.78 is 0. The van der Waals surface area contributed by atoms with Crippen molar-refractivity contribution in [3.8, 4) is 0 Å². The zero-order chi connectivity index (χ0) is 13.8. The molecular formula is C14H14ClNO2S. The Kier molecular flexibility index (Phi) is 4.45. The van der Waals surface area contributed by atoms with Gasteiger partial charge >= 0.3 is 5.97 Å². The van der Waals surface area contributed by atoms with E-state index in [2.05, 4.69) is 23.7 Å². The molecule has 0 spiro atoms. The molecule has 100 valence electrons. The van der Waals surface area contributed by atoms with Gasteiger partial charge in [-0.1, -0.05) is 18.5 Å². The van der Waals surface area contributed by atoms with E-state index in [1.165, 1.54) is 16.5 Å². The topological polar surface area (TPSA) is 49.3 Å². The predicted molar refractivity (Wildman–Crippen MR) is 79.4 cm³/mol. The first kappa shape index (κ1) is 13.9. The van der Waals surface area contributed by atoms with E-state index < -0.39 is 5.97 Å². The lowest BCUT2D eigenvalue weighted by molar-refractivity contribution is 0.0697. The normalized spacial score (nSPS) is 10.4. The van der Waals surface area contributed by atoms with E-state index in [0.29, 0.717) is 11.6 Å². The summed E-state index contributed by atoms with van der Waals surface area (Å²) in [7, 11) is 0. The van der Waals surface area contributed by atoms with E-state index >= 15 is 0 Å². The molecule has 5 heteroatoms. The van der Waals surface area contributed by atoms with Crippen LogP contribution >= 0.6 is 22.9 Å². The van der Waals surface area contributed by atoms with Crippen molar-refractivity contribution in [2.75, 3.05) is 5.32 Å². The number of hydrogen-bond donors (Lipinski definition) is 2. The minimum atomic E-state index is -0.972. The number of carbonyl (C=O) groups is 1. The van der Waals surface area contributed by atoms with Crippen LogP contribution in [-0.2, 0) is 13.0 Å². The first-order valence-corrected chi connectivity index (χ1v) is 7.19. The second-order valence-electron chi connectivity index (χ2n) is 4.08. The van der Waals surface area contributed by atoms with Crippen molar-refractivity contribution >= 4 is 34.6 Å². The third-order valence-electron chi connectivity index (χ3n) is 2.87. The fourth-order valence-corrected chi connectivity index (χ4v) is 2.97. The van der Waals surface area contributed by atoms with Crippen LogP contribution in [0, 0.1) is 0 Å². The number of hydrogen-bond acceptors (Lipinski definition) is 3. The van der Waals surface area contributed by atoms with Gasteiger partial charge in [0.05, 0.1) is 16.3 Å². The third-order valence-corrected chi connectivity index (χ3v) is 4.15. The lowest BCUT2D eigenvalue weighted by Gasteiger charge is -2.09. The molecule has 0 amide bonds. The molecule has 0 radical (unpaired) electrons. The van der Waals surface area contributed by atoms with Gasteiger partial charge in [-0.15, -0.1) is 11.3 Å². The number of carboxylic acids is 1. The number of anilines is 1. The maximum absolute atomic E-state index is 10.8. The van der Waals surface area contributed by atoms with Crippen molar-refractivity contribution in [3.05, 3.63) is 50.7 Å². The maximum Gasteiger partial charge on any atom is 0.335 e. The standard InChI is InChI=1S/C14H14ClNO2S/c1-2-9-5-6-19-13(9)8-16-12-4-3-10(14(17)18)7-11(12)15/h3-7,16H,2,8H2,1H3,(H,17,18). The highest BCUT2D eigenvalue weighted by molar-refractivity contribution is 7.10. The molecule has 1 aromatic heterocycles. The van der Waals surface area contributed by atoms with E-state index in [0.717, 1.165) is 12.1 Å². The van der Waals surface area contributed by atoms with Gasteiger partial charge in [0.15, 0.2) is 0 Å². The Hall–Kier alpha value is -1.52. The average Bonchev–Trinajstić information content (AvgIpc) is 2.84. The molecule has 0 fully saturated rings. The molecule has 3 nitrogen and oxygen atoms in total. The van der Waals surface area contributed by atoms with Crippen LogP contribution in [0.3, 0.4) is 0 Å². The van der Waals surface area contributed by atoms with E-state index in [4.69, 9.17) is 16.7 Å². The molecule has 1 aromatic carbocycles. The third kappa shape index (κ3) is 3.28. The fraction of sp³-hybridized carbons (Fsp3) is 0.214. The first-order chi connectivity index (χ1) is 9.11. The monoisotopic (exact) mass is 295 g/mol. The van der Waals surface area contributed by atoms with Crippen LogP contribution < -0.4 is 5.32 Å². The fourth-order valence-electron chi connectivity index (χ4n) is 1.80. The molecule has 2 N–H and O–H groups in total. The summed E-state index contributed by atoms with van der Waals surface area (Å²) in [5.74, 6) is -0.972. The van der Waals surface area contributed by atoms with Crippen LogP contribution in [0.1, 0.15) is 27.7 Å². The Bertz CT molecular complexity index is 595. The zero-order valence-electron chi connectivity index (χ0n) is 10.4. The van der Waals surface area contributed by atoms with Crippen molar-refractivity contribution < 1.29 is 9.90 Å². The Balaban J connectivity index is 2.10. The van der Waals surface area contributed by atoms with Gasteiger partial charge in [0.25, 0.3) is 0 Å². The molecule has 2 rings (SSSR count). The molecular weight excluding hydrogens is 282 g/mol. The maximum atomic E-state index is 10.8. The number of nitrogens with one attached hydrogen (secondary N) is 1. The van der Waals surface area contributed by atoms with Crippen LogP contribution in [-0.4, -0.2) is 11.1 Å².